The number of furan rings is 1. The Balaban J connectivity index is 2.19. The first-order valence-electron chi connectivity index (χ1n) is 5.41. The summed E-state index contributed by atoms with van der Waals surface area (Å²) < 4.78 is 43.5. The summed E-state index contributed by atoms with van der Waals surface area (Å²) in [7, 11) is 1.12. The van der Waals surface area contributed by atoms with Crippen LogP contribution in [-0.2, 0) is 19.8 Å². The summed E-state index contributed by atoms with van der Waals surface area (Å²) in [5.41, 5.74) is -1.34. The van der Waals surface area contributed by atoms with Gasteiger partial charge < -0.3 is 9.73 Å². The van der Waals surface area contributed by atoms with Crippen LogP contribution in [-0.4, -0.2) is 15.7 Å². The van der Waals surface area contributed by atoms with Crippen molar-refractivity contribution in [2.45, 2.75) is 12.7 Å². The first kappa shape index (κ1) is 14.6. The number of nitrogens with one attached hydrogen (secondary N) is 1. The van der Waals surface area contributed by atoms with E-state index in [1.54, 1.807) is 12.1 Å². The van der Waals surface area contributed by atoms with E-state index in [0.29, 0.717) is 10.4 Å². The van der Waals surface area contributed by atoms with Crippen LogP contribution in [0.1, 0.15) is 21.9 Å². The summed E-state index contributed by atoms with van der Waals surface area (Å²) in [4.78, 5) is 11.8. The molecular weight excluding hydrogens is 343 g/mol. The maximum absolute atomic E-state index is 12.8. The van der Waals surface area contributed by atoms with E-state index in [0.717, 1.165) is 7.05 Å². The zero-order valence-electron chi connectivity index (χ0n) is 10.2. The van der Waals surface area contributed by atoms with E-state index in [1.807, 2.05) is 0 Å². The van der Waals surface area contributed by atoms with E-state index in [4.69, 9.17) is 4.42 Å². The second-order valence-electron chi connectivity index (χ2n) is 3.89. The van der Waals surface area contributed by atoms with E-state index < -0.39 is 17.8 Å². The summed E-state index contributed by atoms with van der Waals surface area (Å²) in [6, 6.07) is 3.27. The molecule has 108 valence electrons. The van der Waals surface area contributed by atoms with Gasteiger partial charge in [0.1, 0.15) is 5.76 Å². The molecule has 2 heterocycles. The van der Waals surface area contributed by atoms with Gasteiger partial charge in [0.15, 0.2) is 11.4 Å². The fraction of sp³-hybridized carbons (Fsp3) is 0.273. The van der Waals surface area contributed by atoms with Crippen molar-refractivity contribution in [3.63, 3.8) is 0 Å². The molecule has 20 heavy (non-hydrogen) atoms. The van der Waals surface area contributed by atoms with Crippen molar-refractivity contribution >= 4 is 21.8 Å². The number of alkyl halides is 3. The Labute approximate surface area is 119 Å². The third-order valence-corrected chi connectivity index (χ3v) is 3.23. The molecule has 0 atom stereocenters. The SMILES string of the molecule is Cn1nc(C(=O)NCc2ccco2)c(Br)c1C(F)(F)F. The van der Waals surface area contributed by atoms with Crippen molar-refractivity contribution in [3.8, 4) is 0 Å². The Morgan fingerprint density at radius 1 is 1.55 bits per heavy atom. The van der Waals surface area contributed by atoms with Crippen LogP contribution in [0.15, 0.2) is 27.3 Å². The van der Waals surface area contributed by atoms with Crippen LogP contribution in [0.25, 0.3) is 0 Å². The molecule has 0 bridgehead atoms. The lowest BCUT2D eigenvalue weighted by atomic mass is 10.3. The Morgan fingerprint density at radius 2 is 2.25 bits per heavy atom. The predicted octanol–water partition coefficient (Wildman–Crippen LogP) is 2.72. The van der Waals surface area contributed by atoms with Gasteiger partial charge in [-0.1, -0.05) is 0 Å². The van der Waals surface area contributed by atoms with E-state index in [1.165, 1.54) is 6.26 Å². The minimum absolute atomic E-state index is 0.0657. The third kappa shape index (κ3) is 2.87. The zero-order valence-corrected chi connectivity index (χ0v) is 11.7. The Hall–Kier alpha value is -1.77. The second-order valence-corrected chi connectivity index (χ2v) is 4.69. The van der Waals surface area contributed by atoms with Gasteiger partial charge >= 0.3 is 6.18 Å². The van der Waals surface area contributed by atoms with E-state index in [-0.39, 0.29) is 16.7 Å². The summed E-state index contributed by atoms with van der Waals surface area (Å²) in [5.74, 6) is -0.235. The van der Waals surface area contributed by atoms with Crippen molar-refractivity contribution in [2.24, 2.45) is 7.05 Å². The van der Waals surface area contributed by atoms with Gasteiger partial charge in [-0.15, -0.1) is 0 Å². The minimum atomic E-state index is -4.60. The fourth-order valence-electron chi connectivity index (χ4n) is 1.62. The van der Waals surface area contributed by atoms with E-state index in [2.05, 4.69) is 26.3 Å². The van der Waals surface area contributed by atoms with Crippen molar-refractivity contribution < 1.29 is 22.4 Å². The average Bonchev–Trinajstić information content (AvgIpc) is 2.93. The third-order valence-electron chi connectivity index (χ3n) is 2.48. The lowest BCUT2D eigenvalue weighted by Crippen LogP contribution is -2.23. The monoisotopic (exact) mass is 351 g/mol. The number of nitrogens with zero attached hydrogens (tertiary/aromatic N) is 2. The van der Waals surface area contributed by atoms with E-state index >= 15 is 0 Å². The highest BCUT2D eigenvalue weighted by Gasteiger charge is 2.39. The molecule has 0 aliphatic carbocycles. The Kier molecular flexibility index (Phi) is 3.89. The summed E-state index contributed by atoms with van der Waals surface area (Å²) in [5, 5.41) is 6.01. The molecule has 0 radical (unpaired) electrons. The molecule has 0 aliphatic heterocycles. The number of rotatable bonds is 3. The predicted molar refractivity (Wildman–Crippen MR) is 65.8 cm³/mol. The number of carbonyl (C=O) groups excluding carboxylic acids is 1. The van der Waals surface area contributed by atoms with Gasteiger partial charge in [-0.3, -0.25) is 9.48 Å². The number of hydrogen-bond acceptors (Lipinski definition) is 3. The van der Waals surface area contributed by atoms with Crippen LogP contribution in [0.4, 0.5) is 13.2 Å². The van der Waals surface area contributed by atoms with Gasteiger partial charge in [-0.05, 0) is 28.1 Å². The van der Waals surface area contributed by atoms with Gasteiger partial charge in [0, 0.05) is 7.05 Å². The van der Waals surface area contributed by atoms with Crippen LogP contribution < -0.4 is 5.32 Å². The number of amides is 1. The summed E-state index contributed by atoms with van der Waals surface area (Å²) in [6.07, 6.45) is -3.17. The number of carbonyl (C=O) groups is 1. The van der Waals surface area contributed by atoms with Crippen molar-refractivity contribution in [3.05, 3.63) is 40.0 Å². The zero-order chi connectivity index (χ0) is 14.9. The lowest BCUT2D eigenvalue weighted by molar-refractivity contribution is -0.144. The van der Waals surface area contributed by atoms with E-state index in [9.17, 15) is 18.0 Å². The Morgan fingerprint density at radius 3 is 2.75 bits per heavy atom. The molecule has 1 amide bonds. The molecule has 9 heteroatoms. The minimum Gasteiger partial charge on any atom is -0.467 e. The largest absolute Gasteiger partial charge is 0.467 e. The first-order chi connectivity index (χ1) is 9.30. The van der Waals surface area contributed by atoms with Crippen molar-refractivity contribution in [1.29, 1.82) is 0 Å². The topological polar surface area (TPSA) is 60.1 Å². The molecule has 0 unspecified atom stereocenters. The highest BCUT2D eigenvalue weighted by atomic mass is 79.9. The molecule has 2 rings (SSSR count). The number of aromatic nitrogens is 2. The molecular formula is C11H9BrF3N3O2. The average molecular weight is 352 g/mol. The van der Waals surface area contributed by atoms with Gasteiger partial charge in [0.2, 0.25) is 0 Å². The molecule has 2 aromatic heterocycles. The molecule has 0 aromatic carbocycles. The maximum atomic E-state index is 12.8. The van der Waals surface area contributed by atoms with Crippen LogP contribution in [0.5, 0.6) is 0 Å². The molecule has 0 aliphatic rings. The molecule has 5 nitrogen and oxygen atoms in total. The van der Waals surface area contributed by atoms with Gasteiger partial charge in [0.25, 0.3) is 5.91 Å². The standard InChI is InChI=1S/C11H9BrF3N3O2/c1-18-9(11(13,14)15)7(12)8(17-18)10(19)16-5-6-3-2-4-20-6/h2-4H,5H2,1H3,(H,16,19). The first-order valence-corrected chi connectivity index (χ1v) is 6.20. The number of hydrogen-bond donors (Lipinski definition) is 1. The van der Waals surface area contributed by atoms with Gasteiger partial charge in [-0.2, -0.15) is 18.3 Å². The molecule has 2 aromatic rings. The highest BCUT2D eigenvalue weighted by Crippen LogP contribution is 2.36. The highest BCUT2D eigenvalue weighted by molar-refractivity contribution is 9.10. The van der Waals surface area contributed by atoms with Gasteiger partial charge in [-0.25, -0.2) is 0 Å². The molecule has 0 saturated heterocycles. The normalized spacial score (nSPS) is 11.7. The van der Waals surface area contributed by atoms with Crippen molar-refractivity contribution in [2.75, 3.05) is 0 Å². The number of aryl methyl sites for hydroxylation is 1. The lowest BCUT2D eigenvalue weighted by Gasteiger charge is -2.06. The fourth-order valence-corrected chi connectivity index (χ4v) is 2.36. The van der Waals surface area contributed by atoms with Crippen LogP contribution in [0.3, 0.4) is 0 Å². The quantitative estimate of drug-likeness (QED) is 0.924. The number of halogens is 4. The Bertz CT molecular complexity index is 620. The molecule has 1 N–H and O–H groups in total. The summed E-state index contributed by atoms with van der Waals surface area (Å²) >= 11 is 2.77. The van der Waals surface area contributed by atoms with Crippen molar-refractivity contribution in [1.82, 2.24) is 15.1 Å². The molecule has 0 spiro atoms. The van der Waals surface area contributed by atoms with Crippen LogP contribution in [0, 0.1) is 0 Å². The van der Waals surface area contributed by atoms with Crippen LogP contribution >= 0.6 is 15.9 Å². The second kappa shape index (κ2) is 5.31. The maximum Gasteiger partial charge on any atom is 0.434 e. The molecule has 0 saturated carbocycles. The summed E-state index contributed by atoms with van der Waals surface area (Å²) in [6.45, 7) is 0.0657. The molecule has 0 fully saturated rings. The smallest absolute Gasteiger partial charge is 0.434 e. The van der Waals surface area contributed by atoms with Crippen LogP contribution in [0.2, 0.25) is 0 Å². The van der Waals surface area contributed by atoms with Gasteiger partial charge in [0.05, 0.1) is 17.3 Å².